The lowest BCUT2D eigenvalue weighted by Gasteiger charge is -1.98. The van der Waals surface area contributed by atoms with E-state index in [9.17, 15) is 9.59 Å². The first-order valence-electron chi connectivity index (χ1n) is 5.12. The third-order valence-corrected chi connectivity index (χ3v) is 2.20. The van der Waals surface area contributed by atoms with Gasteiger partial charge in [0.25, 0.3) is 0 Å². The van der Waals surface area contributed by atoms with Gasteiger partial charge in [0.15, 0.2) is 0 Å². The largest absolute Gasteiger partial charge is 0.387 e. The van der Waals surface area contributed by atoms with E-state index in [0.717, 1.165) is 18.6 Å². The van der Waals surface area contributed by atoms with E-state index < -0.39 is 11.9 Å². The zero-order valence-electron chi connectivity index (χ0n) is 9.40. The lowest BCUT2D eigenvalue weighted by atomic mass is 10.1. The molecule has 0 unspecified atom stereocenters. The maximum absolute atomic E-state index is 9.92. The van der Waals surface area contributed by atoms with Crippen molar-refractivity contribution in [3.8, 4) is 0 Å². The maximum atomic E-state index is 9.92. The average Bonchev–Trinajstić information content (AvgIpc) is 2.64. The fourth-order valence-corrected chi connectivity index (χ4v) is 1.31. The molecule has 84 valence electrons. The highest BCUT2D eigenvalue weighted by atomic mass is 16.6. The average molecular weight is 218 g/mol. The molecule has 0 spiro atoms. The van der Waals surface area contributed by atoms with Crippen molar-refractivity contribution in [2.45, 2.75) is 20.3 Å². The molecule has 1 aromatic carbocycles. The third-order valence-electron chi connectivity index (χ3n) is 2.20. The van der Waals surface area contributed by atoms with Crippen molar-refractivity contribution in [3.63, 3.8) is 0 Å². The van der Waals surface area contributed by atoms with Gasteiger partial charge >= 0.3 is 11.9 Å². The van der Waals surface area contributed by atoms with E-state index in [2.05, 4.69) is 42.8 Å². The zero-order valence-corrected chi connectivity index (χ0v) is 9.40. The van der Waals surface area contributed by atoms with E-state index in [1.54, 1.807) is 0 Å². The maximum Gasteiger partial charge on any atom is 0.338 e. The van der Waals surface area contributed by atoms with Gasteiger partial charge in [0, 0.05) is 12.2 Å². The number of benzene rings is 1. The van der Waals surface area contributed by atoms with Gasteiger partial charge in [-0.1, -0.05) is 31.2 Å². The van der Waals surface area contributed by atoms with Gasteiger partial charge in [-0.2, -0.15) is 0 Å². The fourth-order valence-electron chi connectivity index (χ4n) is 1.31. The van der Waals surface area contributed by atoms with Crippen LogP contribution in [0.25, 0.3) is 0 Å². The van der Waals surface area contributed by atoms with E-state index in [0.29, 0.717) is 0 Å². The third kappa shape index (κ3) is 3.69. The lowest BCUT2D eigenvalue weighted by Crippen LogP contribution is -1.96. The molecule has 0 fully saturated rings. The van der Waals surface area contributed by atoms with E-state index >= 15 is 0 Å². The molecule has 0 N–H and O–H groups in total. The second-order valence-corrected chi connectivity index (χ2v) is 3.35. The molecule has 2 rings (SSSR count). The Morgan fingerprint density at radius 3 is 1.94 bits per heavy atom. The van der Waals surface area contributed by atoms with Crippen LogP contribution in [-0.4, -0.2) is 11.9 Å². The SMILES string of the molecule is CCc1ccccc1C.O=C1C=CC(=O)O1. The van der Waals surface area contributed by atoms with Crippen molar-refractivity contribution < 1.29 is 14.3 Å². The molecule has 0 bridgehead atoms. The highest BCUT2D eigenvalue weighted by Gasteiger charge is 2.10. The van der Waals surface area contributed by atoms with Gasteiger partial charge in [-0.3, -0.25) is 0 Å². The molecule has 0 atom stereocenters. The second kappa shape index (κ2) is 5.85. The number of hydrogen-bond donors (Lipinski definition) is 0. The molecule has 1 heterocycles. The van der Waals surface area contributed by atoms with E-state index in [1.165, 1.54) is 11.1 Å². The predicted molar refractivity (Wildman–Crippen MR) is 60.8 cm³/mol. The molecular formula is C13H14O3. The Morgan fingerprint density at radius 1 is 1.06 bits per heavy atom. The van der Waals surface area contributed by atoms with Gasteiger partial charge in [-0.05, 0) is 24.5 Å². The minimum absolute atomic E-state index is 0.579. The van der Waals surface area contributed by atoms with Crippen LogP contribution in [0.3, 0.4) is 0 Å². The number of esters is 2. The van der Waals surface area contributed by atoms with Crippen LogP contribution in [0.5, 0.6) is 0 Å². The molecular weight excluding hydrogens is 204 g/mol. The first-order valence-corrected chi connectivity index (χ1v) is 5.12. The topological polar surface area (TPSA) is 43.4 Å². The van der Waals surface area contributed by atoms with Crippen molar-refractivity contribution in [3.05, 3.63) is 47.5 Å². The Labute approximate surface area is 94.7 Å². The molecule has 1 aliphatic heterocycles. The molecule has 0 aromatic heterocycles. The standard InChI is InChI=1S/C9H12.C4H2O3/c1-3-9-7-5-4-6-8(9)2;5-3-1-2-4(6)7-3/h4-7H,3H2,1-2H3;1-2H. The summed E-state index contributed by atoms with van der Waals surface area (Å²) in [5.41, 5.74) is 2.86. The van der Waals surface area contributed by atoms with Gasteiger partial charge in [0.2, 0.25) is 0 Å². The Morgan fingerprint density at radius 2 is 1.62 bits per heavy atom. The quantitative estimate of drug-likeness (QED) is 0.536. The van der Waals surface area contributed by atoms with Gasteiger partial charge in [-0.25, -0.2) is 9.59 Å². The number of rotatable bonds is 1. The number of ether oxygens (including phenoxy) is 1. The number of carbonyl (C=O) groups is 2. The zero-order chi connectivity index (χ0) is 12.0. The monoisotopic (exact) mass is 218 g/mol. The first-order chi connectivity index (χ1) is 7.63. The van der Waals surface area contributed by atoms with Gasteiger partial charge in [-0.15, -0.1) is 0 Å². The van der Waals surface area contributed by atoms with Crippen molar-refractivity contribution in [2.75, 3.05) is 0 Å². The van der Waals surface area contributed by atoms with E-state index in [4.69, 9.17) is 0 Å². The highest BCUT2D eigenvalue weighted by Crippen LogP contribution is 2.06. The van der Waals surface area contributed by atoms with Crippen LogP contribution >= 0.6 is 0 Å². The Kier molecular flexibility index (Phi) is 4.45. The van der Waals surface area contributed by atoms with Gasteiger partial charge < -0.3 is 4.74 Å². The van der Waals surface area contributed by atoms with Crippen LogP contribution in [0, 0.1) is 6.92 Å². The molecule has 1 aromatic rings. The normalized spacial score (nSPS) is 13.1. The smallest absolute Gasteiger partial charge is 0.338 e. The number of aryl methyl sites for hydroxylation is 2. The highest BCUT2D eigenvalue weighted by molar-refractivity contribution is 6.04. The van der Waals surface area contributed by atoms with Crippen LogP contribution < -0.4 is 0 Å². The molecule has 16 heavy (non-hydrogen) atoms. The summed E-state index contributed by atoms with van der Waals surface area (Å²) in [7, 11) is 0. The number of carbonyl (C=O) groups excluding carboxylic acids is 2. The van der Waals surface area contributed by atoms with Crippen LogP contribution in [0.4, 0.5) is 0 Å². The molecule has 3 heteroatoms. The Bertz CT molecular complexity index is 403. The molecule has 3 nitrogen and oxygen atoms in total. The summed E-state index contributed by atoms with van der Waals surface area (Å²) in [5.74, 6) is -1.16. The first kappa shape index (κ1) is 12.2. The molecule has 0 radical (unpaired) electrons. The Hall–Kier alpha value is -1.90. The summed E-state index contributed by atoms with van der Waals surface area (Å²) >= 11 is 0. The molecule has 0 aliphatic carbocycles. The Balaban J connectivity index is 0.000000165. The van der Waals surface area contributed by atoms with Crippen LogP contribution in [0.1, 0.15) is 18.1 Å². The predicted octanol–water partition coefficient (Wildman–Crippen LogP) is 2.18. The van der Waals surface area contributed by atoms with Crippen molar-refractivity contribution in [1.82, 2.24) is 0 Å². The summed E-state index contributed by atoms with van der Waals surface area (Å²) < 4.78 is 3.97. The second-order valence-electron chi connectivity index (χ2n) is 3.35. The molecule has 0 saturated heterocycles. The van der Waals surface area contributed by atoms with Crippen molar-refractivity contribution in [1.29, 1.82) is 0 Å². The minimum Gasteiger partial charge on any atom is -0.387 e. The molecule has 1 aliphatic rings. The number of cyclic esters (lactones) is 2. The van der Waals surface area contributed by atoms with Gasteiger partial charge in [0.1, 0.15) is 0 Å². The molecule has 0 saturated carbocycles. The summed E-state index contributed by atoms with van der Waals surface area (Å²) in [6, 6.07) is 8.49. The summed E-state index contributed by atoms with van der Waals surface area (Å²) in [5, 5.41) is 0. The van der Waals surface area contributed by atoms with Crippen LogP contribution in [0.15, 0.2) is 36.4 Å². The lowest BCUT2D eigenvalue weighted by molar-refractivity contribution is -0.150. The van der Waals surface area contributed by atoms with E-state index in [1.807, 2.05) is 0 Å². The minimum atomic E-state index is -0.579. The van der Waals surface area contributed by atoms with Crippen LogP contribution in [-0.2, 0) is 20.7 Å². The summed E-state index contributed by atoms with van der Waals surface area (Å²) in [4.78, 5) is 19.8. The molecule has 0 amide bonds. The fraction of sp³-hybridized carbons (Fsp3) is 0.231. The number of hydrogen-bond acceptors (Lipinski definition) is 3. The summed E-state index contributed by atoms with van der Waals surface area (Å²) in [6.45, 7) is 4.33. The van der Waals surface area contributed by atoms with Crippen molar-refractivity contribution >= 4 is 11.9 Å². The van der Waals surface area contributed by atoms with Gasteiger partial charge in [0.05, 0.1) is 0 Å². The van der Waals surface area contributed by atoms with Crippen molar-refractivity contribution in [2.24, 2.45) is 0 Å². The summed E-state index contributed by atoms with van der Waals surface area (Å²) in [6.07, 6.45) is 3.32. The van der Waals surface area contributed by atoms with Crippen LogP contribution in [0.2, 0.25) is 0 Å². The van der Waals surface area contributed by atoms with E-state index in [-0.39, 0.29) is 0 Å².